The third-order valence-corrected chi connectivity index (χ3v) is 5.27. The van der Waals surface area contributed by atoms with Gasteiger partial charge in [0.15, 0.2) is 0 Å². The average Bonchev–Trinajstić information content (AvgIpc) is 2.62. The van der Waals surface area contributed by atoms with Gasteiger partial charge in [0.2, 0.25) is 0 Å². The molecule has 0 spiro atoms. The number of carboxylic acids is 1. The van der Waals surface area contributed by atoms with Crippen molar-refractivity contribution >= 4 is 23.8 Å². The van der Waals surface area contributed by atoms with Crippen molar-refractivity contribution in [3.8, 4) is 0 Å². The van der Waals surface area contributed by atoms with E-state index in [-0.39, 0.29) is 24.5 Å². The molecule has 2 aliphatic rings. The summed E-state index contributed by atoms with van der Waals surface area (Å²) in [4.78, 5) is 27.5. The van der Waals surface area contributed by atoms with Crippen molar-refractivity contribution in [3.63, 3.8) is 0 Å². The van der Waals surface area contributed by atoms with Crippen molar-refractivity contribution < 1.29 is 14.7 Å². The van der Waals surface area contributed by atoms with Gasteiger partial charge >= 0.3 is 12.0 Å². The van der Waals surface area contributed by atoms with Crippen LogP contribution in [0.3, 0.4) is 0 Å². The number of thioether (sulfide) groups is 1. The molecule has 6 heteroatoms. The Balaban J connectivity index is 2.05. The van der Waals surface area contributed by atoms with Crippen molar-refractivity contribution in [1.29, 1.82) is 0 Å². The van der Waals surface area contributed by atoms with Gasteiger partial charge in [-0.3, -0.25) is 4.79 Å². The third kappa shape index (κ3) is 3.81. The van der Waals surface area contributed by atoms with Gasteiger partial charge in [0.05, 0.1) is 12.5 Å². The van der Waals surface area contributed by atoms with Crippen LogP contribution in [0.15, 0.2) is 0 Å². The number of carboxylic acid groups (broad SMARTS) is 1. The van der Waals surface area contributed by atoms with E-state index in [9.17, 15) is 9.59 Å². The minimum Gasteiger partial charge on any atom is -0.481 e. The van der Waals surface area contributed by atoms with Crippen LogP contribution >= 0.6 is 11.8 Å². The summed E-state index contributed by atoms with van der Waals surface area (Å²) in [5, 5.41) is 9.01. The molecule has 0 aromatic heterocycles. The Labute approximate surface area is 124 Å². The number of hydrogen-bond acceptors (Lipinski definition) is 3. The van der Waals surface area contributed by atoms with Gasteiger partial charge in [0, 0.05) is 30.6 Å². The quantitative estimate of drug-likeness (QED) is 0.850. The SMILES string of the molecule is CC1CCCCCN1C(=O)N1CCSCC1CC(=O)O. The maximum atomic E-state index is 12.8. The van der Waals surface area contributed by atoms with Gasteiger partial charge in [-0.1, -0.05) is 12.8 Å². The Bertz CT molecular complexity index is 364. The number of urea groups is 1. The summed E-state index contributed by atoms with van der Waals surface area (Å²) in [6.45, 7) is 3.59. The number of amides is 2. The van der Waals surface area contributed by atoms with Gasteiger partial charge in [0.1, 0.15) is 0 Å². The highest BCUT2D eigenvalue weighted by Gasteiger charge is 2.33. The molecule has 2 unspecified atom stereocenters. The number of carbonyl (C=O) groups excluding carboxylic acids is 1. The predicted octanol–water partition coefficient (Wildman–Crippen LogP) is 2.26. The van der Waals surface area contributed by atoms with Crippen molar-refractivity contribution in [2.24, 2.45) is 0 Å². The Morgan fingerprint density at radius 1 is 1.20 bits per heavy atom. The maximum Gasteiger partial charge on any atom is 0.320 e. The molecule has 0 aromatic carbocycles. The Kier molecular flexibility index (Phi) is 5.57. The Morgan fingerprint density at radius 2 is 2.00 bits per heavy atom. The van der Waals surface area contributed by atoms with E-state index in [4.69, 9.17) is 5.11 Å². The molecule has 2 saturated heterocycles. The lowest BCUT2D eigenvalue weighted by molar-refractivity contribution is -0.138. The standard InChI is InChI=1S/C14H24N2O3S/c1-11-5-3-2-4-6-15(11)14(19)16-7-8-20-10-12(16)9-13(17)18/h11-12H,2-10H2,1H3,(H,17,18). The summed E-state index contributed by atoms with van der Waals surface area (Å²) < 4.78 is 0. The van der Waals surface area contributed by atoms with Crippen LogP contribution in [0.5, 0.6) is 0 Å². The molecule has 114 valence electrons. The van der Waals surface area contributed by atoms with E-state index in [0.29, 0.717) is 6.54 Å². The van der Waals surface area contributed by atoms with Gasteiger partial charge in [-0.05, 0) is 19.8 Å². The normalized spacial score (nSPS) is 28.1. The van der Waals surface area contributed by atoms with E-state index < -0.39 is 5.97 Å². The fourth-order valence-electron chi connectivity index (χ4n) is 3.00. The number of hydrogen-bond donors (Lipinski definition) is 1. The summed E-state index contributed by atoms with van der Waals surface area (Å²) in [5.41, 5.74) is 0. The lowest BCUT2D eigenvalue weighted by Gasteiger charge is -2.39. The molecule has 2 heterocycles. The zero-order chi connectivity index (χ0) is 14.5. The van der Waals surface area contributed by atoms with E-state index >= 15 is 0 Å². The second kappa shape index (κ2) is 7.20. The minimum absolute atomic E-state index is 0.0472. The van der Waals surface area contributed by atoms with Crippen LogP contribution in [0, 0.1) is 0 Å². The predicted molar refractivity (Wildman–Crippen MR) is 80.1 cm³/mol. The number of aliphatic carboxylic acids is 1. The van der Waals surface area contributed by atoms with Crippen LogP contribution in [-0.4, -0.2) is 63.6 Å². The Hall–Kier alpha value is -0.910. The number of carbonyl (C=O) groups is 2. The molecule has 2 atom stereocenters. The molecule has 1 N–H and O–H groups in total. The van der Waals surface area contributed by atoms with Crippen LogP contribution in [0.25, 0.3) is 0 Å². The first-order chi connectivity index (χ1) is 9.59. The highest BCUT2D eigenvalue weighted by Crippen LogP contribution is 2.24. The van der Waals surface area contributed by atoms with Crippen LogP contribution < -0.4 is 0 Å². The third-order valence-electron chi connectivity index (χ3n) is 4.18. The van der Waals surface area contributed by atoms with Crippen molar-refractivity contribution in [3.05, 3.63) is 0 Å². The summed E-state index contributed by atoms with van der Waals surface area (Å²) in [5.74, 6) is 0.823. The van der Waals surface area contributed by atoms with Crippen LogP contribution in [-0.2, 0) is 4.79 Å². The molecule has 2 rings (SSSR count). The molecule has 2 fully saturated rings. The van der Waals surface area contributed by atoms with Crippen LogP contribution in [0.4, 0.5) is 4.79 Å². The Morgan fingerprint density at radius 3 is 2.75 bits per heavy atom. The molecule has 5 nitrogen and oxygen atoms in total. The second-order valence-corrected chi connectivity index (χ2v) is 6.84. The summed E-state index contributed by atoms with van der Waals surface area (Å²) >= 11 is 1.74. The highest BCUT2D eigenvalue weighted by atomic mass is 32.2. The largest absolute Gasteiger partial charge is 0.481 e. The number of likely N-dealkylation sites (tertiary alicyclic amines) is 1. The molecule has 2 aliphatic heterocycles. The molecule has 20 heavy (non-hydrogen) atoms. The zero-order valence-corrected chi connectivity index (χ0v) is 12.9. The fraction of sp³-hybridized carbons (Fsp3) is 0.857. The van der Waals surface area contributed by atoms with Gasteiger partial charge in [-0.25, -0.2) is 4.79 Å². The van der Waals surface area contributed by atoms with Gasteiger partial charge < -0.3 is 14.9 Å². The molecular weight excluding hydrogens is 276 g/mol. The number of nitrogens with zero attached hydrogens (tertiary/aromatic N) is 2. The van der Waals surface area contributed by atoms with E-state index in [2.05, 4.69) is 6.92 Å². The van der Waals surface area contributed by atoms with Gasteiger partial charge in [-0.15, -0.1) is 0 Å². The van der Waals surface area contributed by atoms with Crippen LogP contribution in [0.2, 0.25) is 0 Å². The van der Waals surface area contributed by atoms with Gasteiger partial charge in [0.25, 0.3) is 0 Å². The number of rotatable bonds is 2. The first-order valence-electron chi connectivity index (χ1n) is 7.46. The molecule has 0 aromatic rings. The molecule has 0 bridgehead atoms. The molecule has 0 saturated carbocycles. The van der Waals surface area contributed by atoms with Crippen LogP contribution in [0.1, 0.15) is 39.0 Å². The zero-order valence-electron chi connectivity index (χ0n) is 12.1. The molecule has 2 amide bonds. The van der Waals surface area contributed by atoms with E-state index in [1.807, 2.05) is 4.90 Å². The van der Waals surface area contributed by atoms with Crippen molar-refractivity contribution in [1.82, 2.24) is 9.80 Å². The van der Waals surface area contributed by atoms with E-state index in [1.165, 1.54) is 12.8 Å². The monoisotopic (exact) mass is 300 g/mol. The summed E-state index contributed by atoms with van der Waals surface area (Å²) in [6.07, 6.45) is 4.53. The molecule has 0 radical (unpaired) electrons. The lowest BCUT2D eigenvalue weighted by Crippen LogP contribution is -2.54. The highest BCUT2D eigenvalue weighted by molar-refractivity contribution is 7.99. The summed E-state index contributed by atoms with van der Waals surface area (Å²) in [7, 11) is 0. The van der Waals surface area contributed by atoms with Gasteiger partial charge in [-0.2, -0.15) is 11.8 Å². The molecular formula is C14H24N2O3S. The van der Waals surface area contributed by atoms with E-state index in [0.717, 1.165) is 30.9 Å². The maximum absolute atomic E-state index is 12.8. The average molecular weight is 300 g/mol. The summed E-state index contributed by atoms with van der Waals surface area (Å²) in [6, 6.07) is 0.158. The first kappa shape index (κ1) is 15.5. The molecule has 0 aliphatic carbocycles. The van der Waals surface area contributed by atoms with Crippen molar-refractivity contribution in [2.75, 3.05) is 24.6 Å². The van der Waals surface area contributed by atoms with E-state index in [1.54, 1.807) is 16.7 Å². The van der Waals surface area contributed by atoms with Crippen molar-refractivity contribution in [2.45, 2.75) is 51.1 Å². The fourth-order valence-corrected chi connectivity index (χ4v) is 4.06. The topological polar surface area (TPSA) is 60.9 Å². The second-order valence-electron chi connectivity index (χ2n) is 5.69. The smallest absolute Gasteiger partial charge is 0.320 e. The first-order valence-corrected chi connectivity index (χ1v) is 8.62. The minimum atomic E-state index is -0.820. The lowest BCUT2D eigenvalue weighted by atomic mass is 10.1.